The molecule has 3 aromatic rings. The molecule has 106 valence electrons. The number of aromatic nitrogens is 5. The molecule has 0 aliphatic heterocycles. The van der Waals surface area contributed by atoms with Crippen LogP contribution in [-0.4, -0.2) is 24.9 Å². The highest BCUT2D eigenvalue weighted by Crippen LogP contribution is 2.37. The van der Waals surface area contributed by atoms with Gasteiger partial charge in [-0.15, -0.1) is 0 Å². The van der Waals surface area contributed by atoms with Crippen molar-refractivity contribution in [3.63, 3.8) is 0 Å². The second-order valence-corrected chi connectivity index (χ2v) is 5.28. The van der Waals surface area contributed by atoms with E-state index in [-0.39, 0.29) is 0 Å². The molecule has 3 aromatic heterocycles. The van der Waals surface area contributed by atoms with Crippen LogP contribution in [0.1, 0.15) is 25.1 Å². The molecule has 0 bridgehead atoms. The maximum Gasteiger partial charge on any atom is 0.276 e. The zero-order valence-corrected chi connectivity index (χ0v) is 11.3. The van der Waals surface area contributed by atoms with Gasteiger partial charge in [0, 0.05) is 18.6 Å². The van der Waals surface area contributed by atoms with Crippen LogP contribution in [0, 0.1) is 0 Å². The van der Waals surface area contributed by atoms with Gasteiger partial charge >= 0.3 is 0 Å². The molecule has 0 radical (unpaired) electrons. The molecule has 21 heavy (non-hydrogen) atoms. The summed E-state index contributed by atoms with van der Waals surface area (Å²) >= 11 is 0. The van der Waals surface area contributed by atoms with Crippen molar-refractivity contribution in [1.82, 2.24) is 24.9 Å². The van der Waals surface area contributed by atoms with Gasteiger partial charge in [0.2, 0.25) is 0 Å². The molecule has 1 saturated carbocycles. The van der Waals surface area contributed by atoms with Crippen LogP contribution in [0.2, 0.25) is 0 Å². The van der Waals surface area contributed by atoms with E-state index >= 15 is 0 Å². The second-order valence-electron chi connectivity index (χ2n) is 5.28. The molecule has 1 fully saturated rings. The van der Waals surface area contributed by atoms with E-state index in [4.69, 9.17) is 10.3 Å². The average molecular weight is 282 g/mol. The van der Waals surface area contributed by atoms with E-state index in [2.05, 4.69) is 20.2 Å². The second kappa shape index (κ2) is 4.49. The molecule has 4 rings (SSSR count). The number of nitrogens with zero attached hydrogens (tertiary/aromatic N) is 5. The molecule has 0 saturated heterocycles. The number of hydrogen-bond donors (Lipinski definition) is 1. The standard InChI is InChI=1S/C14H14N6O/c15-14(4-1-5-14)13-18-12(21-19-13)11-9-10(3-7-16-11)20-8-2-6-17-20/h2-3,6-9H,1,4-5,15H2. The van der Waals surface area contributed by atoms with E-state index in [1.54, 1.807) is 17.1 Å². The predicted octanol–water partition coefficient (Wildman–Crippen LogP) is 1.66. The van der Waals surface area contributed by atoms with Crippen LogP contribution in [0.5, 0.6) is 0 Å². The fourth-order valence-electron chi connectivity index (χ4n) is 2.41. The molecule has 0 atom stereocenters. The van der Waals surface area contributed by atoms with E-state index in [0.29, 0.717) is 17.4 Å². The lowest BCUT2D eigenvalue weighted by molar-refractivity contribution is 0.229. The van der Waals surface area contributed by atoms with Crippen LogP contribution in [-0.2, 0) is 5.54 Å². The monoisotopic (exact) mass is 282 g/mol. The lowest BCUT2D eigenvalue weighted by Crippen LogP contribution is -2.44. The first-order chi connectivity index (χ1) is 10.2. The third-order valence-corrected chi connectivity index (χ3v) is 3.85. The molecule has 2 N–H and O–H groups in total. The van der Waals surface area contributed by atoms with Gasteiger partial charge < -0.3 is 10.3 Å². The topological polar surface area (TPSA) is 95.7 Å². The van der Waals surface area contributed by atoms with Gasteiger partial charge in [-0.05, 0) is 37.5 Å². The Hall–Kier alpha value is -2.54. The summed E-state index contributed by atoms with van der Waals surface area (Å²) in [5, 5.41) is 8.20. The van der Waals surface area contributed by atoms with Crippen molar-refractivity contribution in [3.05, 3.63) is 42.6 Å². The molecule has 7 heteroatoms. The van der Waals surface area contributed by atoms with Gasteiger partial charge in [0.25, 0.3) is 5.89 Å². The van der Waals surface area contributed by atoms with Crippen molar-refractivity contribution in [2.45, 2.75) is 24.8 Å². The van der Waals surface area contributed by atoms with Crippen molar-refractivity contribution in [2.24, 2.45) is 5.73 Å². The number of rotatable bonds is 3. The van der Waals surface area contributed by atoms with Gasteiger partial charge in [-0.25, -0.2) is 4.68 Å². The summed E-state index contributed by atoms with van der Waals surface area (Å²) in [6, 6.07) is 5.58. The van der Waals surface area contributed by atoms with E-state index in [1.807, 2.05) is 24.4 Å². The normalized spacial score (nSPS) is 16.6. The molecule has 0 aromatic carbocycles. The summed E-state index contributed by atoms with van der Waals surface area (Å²) in [5.74, 6) is 0.950. The Balaban J connectivity index is 1.69. The highest BCUT2D eigenvalue weighted by atomic mass is 16.5. The first-order valence-electron chi connectivity index (χ1n) is 6.84. The zero-order chi connectivity index (χ0) is 14.3. The highest BCUT2D eigenvalue weighted by molar-refractivity contribution is 5.51. The fraction of sp³-hybridized carbons (Fsp3) is 0.286. The molecule has 0 spiro atoms. The van der Waals surface area contributed by atoms with Gasteiger partial charge in [0.05, 0.1) is 11.2 Å². The summed E-state index contributed by atoms with van der Waals surface area (Å²) in [5.41, 5.74) is 7.27. The Morgan fingerprint density at radius 3 is 2.90 bits per heavy atom. The molecule has 0 unspecified atom stereocenters. The molecule has 0 amide bonds. The molecular formula is C14H14N6O. The minimum atomic E-state index is -0.429. The molecule has 1 aliphatic carbocycles. The predicted molar refractivity (Wildman–Crippen MR) is 74.4 cm³/mol. The van der Waals surface area contributed by atoms with Crippen LogP contribution in [0.3, 0.4) is 0 Å². The lowest BCUT2D eigenvalue weighted by Gasteiger charge is -2.34. The Kier molecular flexibility index (Phi) is 2.61. The van der Waals surface area contributed by atoms with E-state index in [0.717, 1.165) is 24.9 Å². The molecule has 7 nitrogen and oxygen atoms in total. The summed E-state index contributed by atoms with van der Waals surface area (Å²) in [7, 11) is 0. The zero-order valence-electron chi connectivity index (χ0n) is 11.3. The fourth-order valence-corrected chi connectivity index (χ4v) is 2.41. The van der Waals surface area contributed by atoms with Crippen molar-refractivity contribution >= 4 is 0 Å². The van der Waals surface area contributed by atoms with Crippen LogP contribution in [0.15, 0.2) is 41.3 Å². The van der Waals surface area contributed by atoms with Gasteiger partial charge in [-0.3, -0.25) is 4.98 Å². The number of nitrogens with two attached hydrogens (primary N) is 1. The highest BCUT2D eigenvalue weighted by Gasteiger charge is 2.39. The Labute approximate surface area is 120 Å². The third-order valence-electron chi connectivity index (χ3n) is 3.85. The molecule has 3 heterocycles. The summed E-state index contributed by atoms with van der Waals surface area (Å²) in [6.45, 7) is 0. The quantitative estimate of drug-likeness (QED) is 0.784. The Morgan fingerprint density at radius 1 is 1.29 bits per heavy atom. The Morgan fingerprint density at radius 2 is 2.19 bits per heavy atom. The third kappa shape index (κ3) is 2.02. The molecule has 1 aliphatic rings. The minimum Gasteiger partial charge on any atom is -0.332 e. The SMILES string of the molecule is NC1(c2noc(-c3cc(-n4cccn4)ccn3)n2)CCC1. The van der Waals surface area contributed by atoms with E-state index < -0.39 is 5.54 Å². The van der Waals surface area contributed by atoms with Crippen molar-refractivity contribution < 1.29 is 4.52 Å². The Bertz CT molecular complexity index is 759. The number of pyridine rings is 1. The van der Waals surface area contributed by atoms with Gasteiger partial charge in [-0.1, -0.05) is 5.16 Å². The summed E-state index contributed by atoms with van der Waals surface area (Å²) < 4.78 is 7.06. The van der Waals surface area contributed by atoms with Crippen molar-refractivity contribution in [2.75, 3.05) is 0 Å². The van der Waals surface area contributed by atoms with Crippen LogP contribution >= 0.6 is 0 Å². The summed E-state index contributed by atoms with van der Waals surface area (Å²) in [6.07, 6.45) is 8.17. The summed E-state index contributed by atoms with van der Waals surface area (Å²) in [4.78, 5) is 8.68. The lowest BCUT2D eigenvalue weighted by atomic mass is 9.77. The minimum absolute atomic E-state index is 0.385. The maximum atomic E-state index is 6.20. The first kappa shape index (κ1) is 12.2. The van der Waals surface area contributed by atoms with Crippen molar-refractivity contribution in [1.29, 1.82) is 0 Å². The van der Waals surface area contributed by atoms with Gasteiger partial charge in [0.15, 0.2) is 5.82 Å². The van der Waals surface area contributed by atoms with Crippen molar-refractivity contribution in [3.8, 4) is 17.3 Å². The van der Waals surface area contributed by atoms with E-state index in [9.17, 15) is 0 Å². The maximum absolute atomic E-state index is 6.20. The van der Waals surface area contributed by atoms with Crippen LogP contribution < -0.4 is 5.73 Å². The van der Waals surface area contributed by atoms with Crippen LogP contribution in [0.25, 0.3) is 17.3 Å². The average Bonchev–Trinajstić information content (AvgIpc) is 3.16. The smallest absolute Gasteiger partial charge is 0.276 e. The largest absolute Gasteiger partial charge is 0.332 e. The first-order valence-corrected chi connectivity index (χ1v) is 6.84. The van der Waals surface area contributed by atoms with Gasteiger partial charge in [-0.2, -0.15) is 10.1 Å². The van der Waals surface area contributed by atoms with Crippen LogP contribution in [0.4, 0.5) is 0 Å². The van der Waals surface area contributed by atoms with E-state index in [1.165, 1.54) is 0 Å². The number of hydrogen-bond acceptors (Lipinski definition) is 6. The molecular weight excluding hydrogens is 268 g/mol. The van der Waals surface area contributed by atoms with Gasteiger partial charge in [0.1, 0.15) is 5.69 Å².